The molecule has 1 aromatic rings. The van der Waals surface area contributed by atoms with Gasteiger partial charge in [-0.1, -0.05) is 18.2 Å². The van der Waals surface area contributed by atoms with E-state index in [1.807, 2.05) is 24.3 Å². The smallest absolute Gasteiger partial charge is 0.256 e. The number of nitrogens with one attached hydrogen (secondary N) is 1. The van der Waals surface area contributed by atoms with Gasteiger partial charge in [0, 0.05) is 11.1 Å². The summed E-state index contributed by atoms with van der Waals surface area (Å²) in [5.74, 6) is -0.134. The number of fused-ring (bicyclic) bond motifs is 1. The van der Waals surface area contributed by atoms with E-state index in [9.17, 15) is 4.79 Å². The van der Waals surface area contributed by atoms with Crippen LogP contribution in [0, 0.1) is 11.3 Å². The van der Waals surface area contributed by atoms with Crippen molar-refractivity contribution in [3.05, 3.63) is 41.0 Å². The van der Waals surface area contributed by atoms with Crippen LogP contribution < -0.4 is 5.32 Å². The lowest BCUT2D eigenvalue weighted by atomic mass is 10.1. The van der Waals surface area contributed by atoms with Crippen molar-refractivity contribution < 1.29 is 4.79 Å². The summed E-state index contributed by atoms with van der Waals surface area (Å²) in [6.07, 6.45) is 0. The Morgan fingerprint density at radius 1 is 1.36 bits per heavy atom. The molecule has 0 aromatic heterocycles. The van der Waals surface area contributed by atoms with E-state index in [4.69, 9.17) is 5.26 Å². The summed E-state index contributed by atoms with van der Waals surface area (Å²) in [5, 5.41) is 11.4. The second kappa shape index (κ2) is 3.00. The highest BCUT2D eigenvalue weighted by molar-refractivity contribution is 6.09. The fourth-order valence-electron chi connectivity index (χ4n) is 1.50. The average Bonchev–Trinajstić information content (AvgIpc) is 2.56. The van der Waals surface area contributed by atoms with Crippen LogP contribution in [0.3, 0.4) is 0 Å². The van der Waals surface area contributed by atoms with Gasteiger partial charge in [-0.25, -0.2) is 0 Å². The standard InChI is InChI=1S/C11H8N2O/c1-7(6-12)10-8-4-2-3-5-9(8)11(14)13-10/h2-5H,1H3,(H,13,14)/b10-7-. The monoisotopic (exact) mass is 184 g/mol. The van der Waals surface area contributed by atoms with Crippen LogP contribution in [0.15, 0.2) is 29.8 Å². The predicted molar refractivity (Wildman–Crippen MR) is 52.1 cm³/mol. The fraction of sp³-hybridized carbons (Fsp3) is 0.0909. The van der Waals surface area contributed by atoms with Crippen molar-refractivity contribution in [2.45, 2.75) is 6.92 Å². The molecule has 1 heterocycles. The van der Waals surface area contributed by atoms with Gasteiger partial charge in [-0.3, -0.25) is 4.79 Å². The van der Waals surface area contributed by atoms with Crippen LogP contribution in [0.1, 0.15) is 22.8 Å². The Morgan fingerprint density at radius 2 is 2.00 bits per heavy atom. The van der Waals surface area contributed by atoms with Gasteiger partial charge in [0.2, 0.25) is 0 Å². The summed E-state index contributed by atoms with van der Waals surface area (Å²) in [6, 6.07) is 9.28. The first-order valence-electron chi connectivity index (χ1n) is 4.26. The molecule has 0 bridgehead atoms. The van der Waals surface area contributed by atoms with Gasteiger partial charge in [0.05, 0.1) is 17.3 Å². The molecule has 1 aliphatic heterocycles. The van der Waals surface area contributed by atoms with Crippen molar-refractivity contribution >= 4 is 11.6 Å². The van der Waals surface area contributed by atoms with Crippen LogP contribution in [0.25, 0.3) is 5.70 Å². The summed E-state index contributed by atoms with van der Waals surface area (Å²) in [7, 11) is 0. The molecule has 0 saturated carbocycles. The van der Waals surface area contributed by atoms with E-state index in [0.29, 0.717) is 16.8 Å². The lowest BCUT2D eigenvalue weighted by Gasteiger charge is -1.99. The van der Waals surface area contributed by atoms with Crippen LogP contribution in [0.4, 0.5) is 0 Å². The van der Waals surface area contributed by atoms with Crippen LogP contribution >= 0.6 is 0 Å². The number of amides is 1. The highest BCUT2D eigenvalue weighted by atomic mass is 16.1. The molecular weight excluding hydrogens is 176 g/mol. The molecule has 0 fully saturated rings. The van der Waals surface area contributed by atoms with Crippen molar-refractivity contribution in [2.75, 3.05) is 0 Å². The van der Waals surface area contributed by atoms with Crippen molar-refractivity contribution in [1.82, 2.24) is 5.32 Å². The molecule has 1 amide bonds. The molecule has 14 heavy (non-hydrogen) atoms. The van der Waals surface area contributed by atoms with Gasteiger partial charge in [-0.15, -0.1) is 0 Å². The minimum absolute atomic E-state index is 0.134. The van der Waals surface area contributed by atoms with Gasteiger partial charge >= 0.3 is 0 Å². The zero-order valence-corrected chi connectivity index (χ0v) is 7.66. The molecule has 0 spiro atoms. The number of rotatable bonds is 0. The van der Waals surface area contributed by atoms with E-state index in [2.05, 4.69) is 5.32 Å². The summed E-state index contributed by atoms with van der Waals surface area (Å²) < 4.78 is 0. The molecule has 2 rings (SSSR count). The summed E-state index contributed by atoms with van der Waals surface area (Å²) in [6.45, 7) is 1.69. The van der Waals surface area contributed by atoms with E-state index >= 15 is 0 Å². The SMILES string of the molecule is C/C(C#N)=C1/NC(=O)c2ccccc21. The quantitative estimate of drug-likeness (QED) is 0.624. The molecule has 1 aromatic carbocycles. The molecule has 0 atom stereocenters. The van der Waals surface area contributed by atoms with Crippen molar-refractivity contribution in [3.63, 3.8) is 0 Å². The number of nitriles is 1. The van der Waals surface area contributed by atoms with E-state index in [1.165, 1.54) is 0 Å². The van der Waals surface area contributed by atoms with Gasteiger partial charge in [0.1, 0.15) is 0 Å². The lowest BCUT2D eigenvalue weighted by Crippen LogP contribution is -2.12. The number of carbonyl (C=O) groups excluding carboxylic acids is 1. The zero-order valence-electron chi connectivity index (χ0n) is 7.66. The number of allylic oxidation sites excluding steroid dienone is 1. The van der Waals surface area contributed by atoms with E-state index in [-0.39, 0.29) is 5.91 Å². The van der Waals surface area contributed by atoms with E-state index < -0.39 is 0 Å². The first-order valence-corrected chi connectivity index (χ1v) is 4.26. The Kier molecular flexibility index (Phi) is 1.83. The number of hydrogen-bond donors (Lipinski definition) is 1. The highest BCUT2D eigenvalue weighted by Gasteiger charge is 2.24. The molecular formula is C11H8N2O. The minimum atomic E-state index is -0.134. The predicted octanol–water partition coefficient (Wildman–Crippen LogP) is 1.68. The molecule has 1 aliphatic rings. The van der Waals surface area contributed by atoms with Gasteiger partial charge < -0.3 is 5.32 Å². The topological polar surface area (TPSA) is 52.9 Å². The number of hydrogen-bond acceptors (Lipinski definition) is 2. The third-order valence-corrected chi connectivity index (χ3v) is 2.22. The minimum Gasteiger partial charge on any atom is -0.321 e. The Labute approximate surface area is 81.7 Å². The number of carbonyl (C=O) groups is 1. The molecule has 3 nitrogen and oxygen atoms in total. The third kappa shape index (κ3) is 1.09. The Hall–Kier alpha value is -2.08. The summed E-state index contributed by atoms with van der Waals surface area (Å²) in [4.78, 5) is 11.4. The van der Waals surface area contributed by atoms with Gasteiger partial charge in [-0.05, 0) is 13.0 Å². The van der Waals surface area contributed by atoms with Gasteiger partial charge in [0.25, 0.3) is 5.91 Å². The second-order valence-corrected chi connectivity index (χ2v) is 3.11. The lowest BCUT2D eigenvalue weighted by molar-refractivity contribution is 0.0981. The molecule has 0 aliphatic carbocycles. The van der Waals surface area contributed by atoms with Crippen molar-refractivity contribution in [3.8, 4) is 6.07 Å². The maximum Gasteiger partial charge on any atom is 0.256 e. The fourth-order valence-corrected chi connectivity index (χ4v) is 1.50. The Bertz CT molecular complexity index is 480. The maximum atomic E-state index is 11.4. The molecule has 3 heteroatoms. The van der Waals surface area contributed by atoms with E-state index in [0.717, 1.165) is 5.56 Å². The van der Waals surface area contributed by atoms with E-state index in [1.54, 1.807) is 13.0 Å². The second-order valence-electron chi connectivity index (χ2n) is 3.11. The van der Waals surface area contributed by atoms with Crippen LogP contribution in [-0.4, -0.2) is 5.91 Å². The molecule has 68 valence electrons. The average molecular weight is 184 g/mol. The van der Waals surface area contributed by atoms with Crippen molar-refractivity contribution in [1.29, 1.82) is 5.26 Å². The Morgan fingerprint density at radius 3 is 2.64 bits per heavy atom. The van der Waals surface area contributed by atoms with Crippen LogP contribution in [-0.2, 0) is 0 Å². The summed E-state index contributed by atoms with van der Waals surface area (Å²) >= 11 is 0. The first kappa shape index (κ1) is 8.52. The van der Waals surface area contributed by atoms with Crippen LogP contribution in [0.5, 0.6) is 0 Å². The number of nitrogens with zero attached hydrogens (tertiary/aromatic N) is 1. The number of benzene rings is 1. The highest BCUT2D eigenvalue weighted by Crippen LogP contribution is 2.25. The van der Waals surface area contributed by atoms with Crippen LogP contribution in [0.2, 0.25) is 0 Å². The normalized spacial score (nSPS) is 17.0. The molecule has 0 saturated heterocycles. The molecule has 0 radical (unpaired) electrons. The molecule has 1 N–H and O–H groups in total. The third-order valence-electron chi connectivity index (χ3n) is 2.22. The summed E-state index contributed by atoms with van der Waals surface area (Å²) in [5.41, 5.74) is 2.62. The zero-order chi connectivity index (χ0) is 10.1. The van der Waals surface area contributed by atoms with Crippen molar-refractivity contribution in [2.24, 2.45) is 0 Å². The largest absolute Gasteiger partial charge is 0.321 e. The maximum absolute atomic E-state index is 11.4. The molecule has 0 unspecified atom stereocenters. The van der Waals surface area contributed by atoms with Gasteiger partial charge in [0.15, 0.2) is 0 Å². The Balaban J connectivity index is 2.68. The first-order chi connectivity index (χ1) is 6.74. The van der Waals surface area contributed by atoms with Gasteiger partial charge in [-0.2, -0.15) is 5.26 Å².